The highest BCUT2D eigenvalue weighted by atomic mass is 16.5. The number of ether oxygens (including phenoxy) is 1. The van der Waals surface area contributed by atoms with Crippen LogP contribution in [-0.4, -0.2) is 50.8 Å². The van der Waals surface area contributed by atoms with Gasteiger partial charge in [0.1, 0.15) is 0 Å². The van der Waals surface area contributed by atoms with E-state index >= 15 is 0 Å². The van der Waals surface area contributed by atoms with Crippen molar-refractivity contribution in [3.63, 3.8) is 0 Å². The molecule has 4 heterocycles. The molecule has 1 saturated heterocycles. The van der Waals surface area contributed by atoms with E-state index in [0.717, 1.165) is 60.2 Å². The predicted octanol–water partition coefficient (Wildman–Crippen LogP) is 4.24. The van der Waals surface area contributed by atoms with Crippen LogP contribution >= 0.6 is 0 Å². The summed E-state index contributed by atoms with van der Waals surface area (Å²) in [5.41, 5.74) is 8.81. The summed E-state index contributed by atoms with van der Waals surface area (Å²) in [6.07, 6.45) is 6.21. The highest BCUT2D eigenvalue weighted by Crippen LogP contribution is 2.47. The number of hydrogen-bond donors (Lipinski definition) is 0. The van der Waals surface area contributed by atoms with E-state index in [-0.39, 0.29) is 0 Å². The second-order valence-electron chi connectivity index (χ2n) is 8.78. The molecule has 0 N–H and O–H groups in total. The van der Waals surface area contributed by atoms with Gasteiger partial charge in [-0.2, -0.15) is 10.2 Å². The Morgan fingerprint density at radius 2 is 1.68 bits per heavy atom. The second-order valence-corrected chi connectivity index (χ2v) is 8.78. The molecule has 0 atom stereocenters. The standard InChI is InChI=1S/C27H23N6O/c1-31-9-7-23(29-31)20-16-24-27(21-15-19(20)21)25(32-11-13-34-14-12-32)17-26(28-24)33-10-8-22(30-33)18-5-3-2-4-6-18/h2-10,15-17H,11-14H2,1H3. The Hall–Kier alpha value is -3.97. The lowest BCUT2D eigenvalue weighted by Gasteiger charge is -2.30. The summed E-state index contributed by atoms with van der Waals surface area (Å²) in [6, 6.07) is 18.7. The molecule has 2 aliphatic rings. The van der Waals surface area contributed by atoms with Crippen molar-refractivity contribution in [2.75, 3.05) is 31.2 Å². The number of pyridine rings is 1. The number of aryl methyl sites for hydroxylation is 1. The van der Waals surface area contributed by atoms with Gasteiger partial charge in [0.15, 0.2) is 5.82 Å². The molecule has 0 saturated carbocycles. The third kappa shape index (κ3) is 3.20. The fourth-order valence-electron chi connectivity index (χ4n) is 4.83. The van der Waals surface area contributed by atoms with Crippen LogP contribution in [0.5, 0.6) is 0 Å². The molecule has 167 valence electrons. The Balaban J connectivity index is 1.40. The number of morpholine rings is 1. The van der Waals surface area contributed by atoms with E-state index in [2.05, 4.69) is 46.8 Å². The molecule has 1 aliphatic carbocycles. The molecular weight excluding hydrogens is 424 g/mol. The highest BCUT2D eigenvalue weighted by Gasteiger charge is 2.31. The monoisotopic (exact) mass is 447 g/mol. The summed E-state index contributed by atoms with van der Waals surface area (Å²) < 4.78 is 9.35. The summed E-state index contributed by atoms with van der Waals surface area (Å²) in [7, 11) is 1.95. The van der Waals surface area contributed by atoms with Crippen LogP contribution in [0, 0.1) is 6.42 Å². The highest BCUT2D eigenvalue weighted by molar-refractivity contribution is 6.05. The van der Waals surface area contributed by atoms with Crippen molar-refractivity contribution in [2.24, 2.45) is 7.05 Å². The van der Waals surface area contributed by atoms with Gasteiger partial charge in [0, 0.05) is 61.5 Å². The SMILES string of the molecule is Cn1ccc(-c2cc3nc(-n4ccc(-c5ccccc5)n4)cc(N4CCOCC4)c3c3c2[CH]3)n1. The van der Waals surface area contributed by atoms with Gasteiger partial charge in [-0.15, -0.1) is 0 Å². The number of hydrogen-bond acceptors (Lipinski definition) is 5. The molecule has 0 spiro atoms. The molecule has 1 radical (unpaired) electrons. The quantitative estimate of drug-likeness (QED) is 0.405. The molecule has 7 heteroatoms. The van der Waals surface area contributed by atoms with Crippen molar-refractivity contribution in [2.45, 2.75) is 0 Å². The van der Waals surface area contributed by atoms with Gasteiger partial charge >= 0.3 is 0 Å². The molecule has 0 bridgehead atoms. The van der Waals surface area contributed by atoms with Gasteiger partial charge in [0.2, 0.25) is 0 Å². The van der Waals surface area contributed by atoms with Crippen molar-refractivity contribution < 1.29 is 4.74 Å². The minimum atomic E-state index is 0.733. The van der Waals surface area contributed by atoms with Crippen molar-refractivity contribution in [1.82, 2.24) is 24.5 Å². The Morgan fingerprint density at radius 1 is 0.853 bits per heavy atom. The van der Waals surface area contributed by atoms with Crippen LogP contribution in [-0.2, 0) is 11.8 Å². The molecule has 1 aliphatic heterocycles. The molecule has 7 rings (SSSR count). The number of aromatic nitrogens is 5. The van der Waals surface area contributed by atoms with Gasteiger partial charge < -0.3 is 9.64 Å². The molecule has 0 amide bonds. The summed E-state index contributed by atoms with van der Waals surface area (Å²) >= 11 is 0. The summed E-state index contributed by atoms with van der Waals surface area (Å²) in [5, 5.41) is 10.7. The van der Waals surface area contributed by atoms with Crippen LogP contribution in [0.2, 0.25) is 0 Å². The third-order valence-corrected chi connectivity index (χ3v) is 6.58. The zero-order valence-corrected chi connectivity index (χ0v) is 18.8. The van der Waals surface area contributed by atoms with Gasteiger partial charge in [-0.05, 0) is 29.3 Å². The fourth-order valence-corrected chi connectivity index (χ4v) is 4.83. The van der Waals surface area contributed by atoms with Crippen molar-refractivity contribution in [1.29, 1.82) is 0 Å². The van der Waals surface area contributed by atoms with Gasteiger partial charge in [-0.3, -0.25) is 4.68 Å². The van der Waals surface area contributed by atoms with E-state index in [1.807, 2.05) is 53.1 Å². The summed E-state index contributed by atoms with van der Waals surface area (Å²) in [5.74, 6) is 0.809. The van der Waals surface area contributed by atoms with E-state index < -0.39 is 0 Å². The normalized spacial score (nSPS) is 15.0. The maximum atomic E-state index is 5.63. The zero-order chi connectivity index (χ0) is 22.6. The lowest BCUT2D eigenvalue weighted by Crippen LogP contribution is -2.36. The van der Waals surface area contributed by atoms with E-state index in [4.69, 9.17) is 14.8 Å². The maximum absolute atomic E-state index is 5.63. The molecule has 3 aromatic heterocycles. The van der Waals surface area contributed by atoms with Gasteiger partial charge in [-0.25, -0.2) is 9.67 Å². The van der Waals surface area contributed by atoms with Crippen LogP contribution in [0.25, 0.3) is 39.2 Å². The topological polar surface area (TPSA) is 61.0 Å². The zero-order valence-electron chi connectivity index (χ0n) is 18.8. The largest absolute Gasteiger partial charge is 0.378 e. The minimum Gasteiger partial charge on any atom is -0.378 e. The number of anilines is 1. The van der Waals surface area contributed by atoms with E-state index in [9.17, 15) is 0 Å². The van der Waals surface area contributed by atoms with Crippen LogP contribution in [0.15, 0.2) is 67.0 Å². The smallest absolute Gasteiger partial charge is 0.156 e. The van der Waals surface area contributed by atoms with Gasteiger partial charge in [0.05, 0.1) is 35.8 Å². The number of nitrogens with zero attached hydrogens (tertiary/aromatic N) is 6. The van der Waals surface area contributed by atoms with E-state index in [1.54, 1.807) is 0 Å². The molecular formula is C27H23N6O. The van der Waals surface area contributed by atoms with Crippen LogP contribution in [0.4, 0.5) is 5.69 Å². The molecule has 0 unspecified atom stereocenters. The third-order valence-electron chi connectivity index (χ3n) is 6.58. The number of benzene rings is 2. The first-order valence-electron chi connectivity index (χ1n) is 11.6. The van der Waals surface area contributed by atoms with Crippen LogP contribution < -0.4 is 4.90 Å². The van der Waals surface area contributed by atoms with E-state index in [1.165, 1.54) is 22.2 Å². The average molecular weight is 448 g/mol. The minimum absolute atomic E-state index is 0.733. The fraction of sp³-hybridized carbons (Fsp3) is 0.185. The molecule has 2 aromatic carbocycles. The summed E-state index contributed by atoms with van der Waals surface area (Å²) in [4.78, 5) is 7.49. The number of rotatable bonds is 4. The van der Waals surface area contributed by atoms with Crippen molar-refractivity contribution >= 4 is 16.6 Å². The number of fused-ring (bicyclic) bond motifs is 3. The first-order valence-corrected chi connectivity index (χ1v) is 11.6. The first-order chi connectivity index (χ1) is 16.7. The Kier molecular flexibility index (Phi) is 4.32. The maximum Gasteiger partial charge on any atom is 0.156 e. The lowest BCUT2D eigenvalue weighted by molar-refractivity contribution is 0.123. The first kappa shape index (κ1) is 19.5. The Morgan fingerprint density at radius 3 is 2.47 bits per heavy atom. The van der Waals surface area contributed by atoms with E-state index in [0.29, 0.717) is 0 Å². The summed E-state index contributed by atoms with van der Waals surface area (Å²) in [6.45, 7) is 3.20. The molecule has 34 heavy (non-hydrogen) atoms. The lowest BCUT2D eigenvalue weighted by atomic mass is 10.1. The van der Waals surface area contributed by atoms with Gasteiger partial charge in [-0.1, -0.05) is 30.3 Å². The molecule has 7 nitrogen and oxygen atoms in total. The molecule has 5 aromatic rings. The molecule has 1 fully saturated rings. The Bertz CT molecular complexity index is 1530. The van der Waals surface area contributed by atoms with Crippen molar-refractivity contribution in [3.05, 3.63) is 84.5 Å². The van der Waals surface area contributed by atoms with Crippen molar-refractivity contribution in [3.8, 4) is 28.3 Å². The van der Waals surface area contributed by atoms with Crippen LogP contribution in [0.1, 0.15) is 11.1 Å². The average Bonchev–Trinajstić information content (AvgIpc) is 3.31. The second kappa shape index (κ2) is 7.53. The predicted molar refractivity (Wildman–Crippen MR) is 132 cm³/mol. The van der Waals surface area contributed by atoms with Crippen LogP contribution in [0.3, 0.4) is 0 Å². The Labute approximate surface area is 197 Å². The van der Waals surface area contributed by atoms with Gasteiger partial charge in [0.25, 0.3) is 0 Å².